The maximum Gasteiger partial charge on any atom is 0.252 e. The van der Waals surface area contributed by atoms with Crippen LogP contribution in [-0.2, 0) is 0 Å². The molecule has 4 nitrogen and oxygen atoms in total. The highest BCUT2D eigenvalue weighted by atomic mass is 19.1. The topological polar surface area (TPSA) is 68.0 Å². The fraction of sp³-hybridized carbons (Fsp3) is 0.474. The van der Waals surface area contributed by atoms with Crippen molar-refractivity contribution in [3.05, 3.63) is 41.3 Å². The second-order valence-corrected chi connectivity index (χ2v) is 7.12. The fourth-order valence-electron chi connectivity index (χ4n) is 3.52. The normalized spacial score (nSPS) is 24.1. The van der Waals surface area contributed by atoms with Crippen LogP contribution in [0.25, 0.3) is 10.9 Å². The first-order valence-electron chi connectivity index (χ1n) is 8.77. The maximum atomic E-state index is 13.7. The molecule has 1 amide bonds. The standard InChI is InChI=1S/C19H22FN3O/c20-12-3-8-17-15(9-12)16(10-18(23-17)11-1-2-11)19(24)22-14-6-4-13(21)5-7-14/h3,8-11,13-14H,1-2,4-7,21H2,(H,22,24). The van der Waals surface area contributed by atoms with Gasteiger partial charge in [-0.1, -0.05) is 0 Å². The van der Waals surface area contributed by atoms with E-state index in [1.165, 1.54) is 12.1 Å². The van der Waals surface area contributed by atoms with Gasteiger partial charge in [-0.2, -0.15) is 0 Å². The Morgan fingerprint density at radius 1 is 1.12 bits per heavy atom. The lowest BCUT2D eigenvalue weighted by molar-refractivity contribution is 0.0927. The molecule has 3 N–H and O–H groups in total. The molecule has 126 valence electrons. The molecule has 2 aromatic rings. The number of hydrogen-bond acceptors (Lipinski definition) is 3. The summed E-state index contributed by atoms with van der Waals surface area (Å²) in [7, 11) is 0. The number of nitrogens with one attached hydrogen (secondary N) is 1. The van der Waals surface area contributed by atoms with Crippen molar-refractivity contribution in [3.8, 4) is 0 Å². The number of aromatic nitrogens is 1. The van der Waals surface area contributed by atoms with E-state index in [0.29, 0.717) is 22.4 Å². The number of benzene rings is 1. The Morgan fingerprint density at radius 3 is 2.58 bits per heavy atom. The predicted molar refractivity (Wildman–Crippen MR) is 91.4 cm³/mol. The molecule has 2 aliphatic carbocycles. The quantitative estimate of drug-likeness (QED) is 0.909. The number of halogens is 1. The van der Waals surface area contributed by atoms with Crippen LogP contribution < -0.4 is 11.1 Å². The first-order chi connectivity index (χ1) is 11.6. The Kier molecular flexibility index (Phi) is 3.96. The zero-order valence-corrected chi connectivity index (χ0v) is 13.6. The molecule has 0 radical (unpaired) electrons. The second-order valence-electron chi connectivity index (χ2n) is 7.12. The smallest absolute Gasteiger partial charge is 0.252 e. The second kappa shape index (κ2) is 6.13. The van der Waals surface area contributed by atoms with E-state index >= 15 is 0 Å². The van der Waals surface area contributed by atoms with Crippen LogP contribution >= 0.6 is 0 Å². The molecule has 1 heterocycles. The SMILES string of the molecule is NC1CCC(NC(=O)c2cc(C3CC3)nc3ccc(F)cc23)CC1. The third-order valence-electron chi connectivity index (χ3n) is 5.14. The molecule has 5 heteroatoms. The van der Waals surface area contributed by atoms with Gasteiger partial charge in [-0.25, -0.2) is 4.39 Å². The molecule has 2 aliphatic rings. The van der Waals surface area contributed by atoms with Gasteiger partial charge in [0.15, 0.2) is 0 Å². The molecule has 0 atom stereocenters. The van der Waals surface area contributed by atoms with Crippen LogP contribution in [0.15, 0.2) is 24.3 Å². The summed E-state index contributed by atoms with van der Waals surface area (Å²) in [6.45, 7) is 0. The van der Waals surface area contributed by atoms with Crippen molar-refractivity contribution >= 4 is 16.8 Å². The summed E-state index contributed by atoms with van der Waals surface area (Å²) in [5.41, 5.74) is 8.11. The van der Waals surface area contributed by atoms with Crippen LogP contribution in [0.3, 0.4) is 0 Å². The van der Waals surface area contributed by atoms with Crippen LogP contribution in [0.4, 0.5) is 4.39 Å². The molecule has 0 spiro atoms. The van der Waals surface area contributed by atoms with Crippen molar-refractivity contribution in [2.75, 3.05) is 0 Å². The van der Waals surface area contributed by atoms with Gasteiger partial charge in [0.1, 0.15) is 5.82 Å². The molecule has 4 rings (SSSR count). The summed E-state index contributed by atoms with van der Waals surface area (Å²) in [6, 6.07) is 6.71. The highest BCUT2D eigenvalue weighted by molar-refractivity contribution is 6.06. The van der Waals surface area contributed by atoms with E-state index in [1.54, 1.807) is 6.07 Å². The highest BCUT2D eigenvalue weighted by Crippen LogP contribution is 2.40. The highest BCUT2D eigenvalue weighted by Gasteiger charge is 2.28. The van der Waals surface area contributed by atoms with E-state index in [0.717, 1.165) is 44.2 Å². The number of carbonyl (C=O) groups excluding carboxylic acids is 1. The Morgan fingerprint density at radius 2 is 1.88 bits per heavy atom. The zero-order valence-electron chi connectivity index (χ0n) is 13.6. The molecule has 2 fully saturated rings. The summed E-state index contributed by atoms with van der Waals surface area (Å²) in [4.78, 5) is 17.4. The van der Waals surface area contributed by atoms with Crippen LogP contribution in [0.5, 0.6) is 0 Å². The summed E-state index contributed by atoms with van der Waals surface area (Å²) < 4.78 is 13.7. The molecule has 2 saturated carbocycles. The number of fused-ring (bicyclic) bond motifs is 1. The van der Waals surface area contributed by atoms with Crippen molar-refractivity contribution in [2.24, 2.45) is 5.73 Å². The lowest BCUT2D eigenvalue weighted by Crippen LogP contribution is -2.40. The predicted octanol–water partition coefficient (Wildman–Crippen LogP) is 3.25. The molecule has 1 aromatic heterocycles. The molecular formula is C19H22FN3O. The van der Waals surface area contributed by atoms with Crippen molar-refractivity contribution < 1.29 is 9.18 Å². The van der Waals surface area contributed by atoms with E-state index in [1.807, 2.05) is 6.07 Å². The number of amides is 1. The average molecular weight is 327 g/mol. The monoisotopic (exact) mass is 327 g/mol. The van der Waals surface area contributed by atoms with Gasteiger partial charge in [0.05, 0.1) is 11.1 Å². The number of carbonyl (C=O) groups is 1. The Balaban J connectivity index is 1.66. The number of nitrogens with two attached hydrogens (primary N) is 1. The molecule has 1 aromatic carbocycles. The van der Waals surface area contributed by atoms with Crippen LogP contribution in [0.1, 0.15) is 60.5 Å². The molecule has 0 bridgehead atoms. The van der Waals surface area contributed by atoms with E-state index in [-0.39, 0.29) is 23.8 Å². The largest absolute Gasteiger partial charge is 0.349 e. The molecule has 0 saturated heterocycles. The van der Waals surface area contributed by atoms with Gasteiger partial charge in [0.2, 0.25) is 0 Å². The van der Waals surface area contributed by atoms with Gasteiger partial charge in [0.25, 0.3) is 5.91 Å². The Labute approximate surface area is 140 Å². The lowest BCUT2D eigenvalue weighted by atomic mass is 9.91. The van der Waals surface area contributed by atoms with Crippen LogP contribution in [-0.4, -0.2) is 23.0 Å². The minimum Gasteiger partial charge on any atom is -0.349 e. The zero-order chi connectivity index (χ0) is 16.7. The van der Waals surface area contributed by atoms with E-state index in [9.17, 15) is 9.18 Å². The fourth-order valence-corrected chi connectivity index (χ4v) is 3.52. The van der Waals surface area contributed by atoms with Gasteiger partial charge >= 0.3 is 0 Å². The van der Waals surface area contributed by atoms with Gasteiger partial charge < -0.3 is 11.1 Å². The number of pyridine rings is 1. The van der Waals surface area contributed by atoms with Gasteiger partial charge in [-0.3, -0.25) is 9.78 Å². The van der Waals surface area contributed by atoms with Crippen molar-refractivity contribution in [1.29, 1.82) is 0 Å². The lowest BCUT2D eigenvalue weighted by Gasteiger charge is -2.27. The van der Waals surface area contributed by atoms with Crippen molar-refractivity contribution in [3.63, 3.8) is 0 Å². The summed E-state index contributed by atoms with van der Waals surface area (Å²) in [6.07, 6.45) is 5.90. The van der Waals surface area contributed by atoms with Gasteiger partial charge in [-0.05, 0) is 62.8 Å². The first-order valence-corrected chi connectivity index (χ1v) is 8.77. The summed E-state index contributed by atoms with van der Waals surface area (Å²) in [5, 5.41) is 3.70. The molecular weight excluding hydrogens is 305 g/mol. The summed E-state index contributed by atoms with van der Waals surface area (Å²) >= 11 is 0. The molecule has 0 aliphatic heterocycles. The minimum atomic E-state index is -0.346. The summed E-state index contributed by atoms with van der Waals surface area (Å²) in [5.74, 6) is -0.0322. The number of rotatable bonds is 3. The van der Waals surface area contributed by atoms with E-state index in [4.69, 9.17) is 5.73 Å². The third-order valence-corrected chi connectivity index (χ3v) is 5.14. The van der Waals surface area contributed by atoms with Gasteiger partial charge in [0, 0.05) is 29.1 Å². The van der Waals surface area contributed by atoms with Crippen LogP contribution in [0, 0.1) is 5.82 Å². The Hall–Kier alpha value is -2.01. The maximum absolute atomic E-state index is 13.7. The van der Waals surface area contributed by atoms with E-state index in [2.05, 4.69) is 10.3 Å². The average Bonchev–Trinajstić information content (AvgIpc) is 3.41. The number of hydrogen-bond donors (Lipinski definition) is 2. The van der Waals surface area contributed by atoms with Crippen molar-refractivity contribution in [2.45, 2.75) is 56.5 Å². The van der Waals surface area contributed by atoms with E-state index < -0.39 is 0 Å². The van der Waals surface area contributed by atoms with Gasteiger partial charge in [-0.15, -0.1) is 0 Å². The number of nitrogens with zero attached hydrogens (tertiary/aromatic N) is 1. The molecule has 0 unspecified atom stereocenters. The minimum absolute atomic E-state index is 0.129. The molecule has 24 heavy (non-hydrogen) atoms. The third kappa shape index (κ3) is 3.13. The van der Waals surface area contributed by atoms with Crippen LogP contribution in [0.2, 0.25) is 0 Å². The Bertz CT molecular complexity index is 780. The van der Waals surface area contributed by atoms with Crippen molar-refractivity contribution in [1.82, 2.24) is 10.3 Å². The first kappa shape index (κ1) is 15.5.